The first kappa shape index (κ1) is 19.1. The van der Waals surface area contributed by atoms with Gasteiger partial charge in [-0.2, -0.15) is 4.31 Å². The third-order valence-corrected chi connectivity index (χ3v) is 7.58. The van der Waals surface area contributed by atoms with E-state index in [9.17, 15) is 13.2 Å². The van der Waals surface area contributed by atoms with Gasteiger partial charge in [0.15, 0.2) is 0 Å². The molecular formula is C19H24N2O3S2. The highest BCUT2D eigenvalue weighted by Crippen LogP contribution is 2.26. The number of benzene rings is 1. The van der Waals surface area contributed by atoms with Crippen LogP contribution in [0.5, 0.6) is 0 Å². The second-order valence-corrected chi connectivity index (χ2v) is 9.39. The minimum absolute atomic E-state index is 0.0999. The van der Waals surface area contributed by atoms with Crippen LogP contribution in [-0.2, 0) is 21.4 Å². The lowest BCUT2D eigenvalue weighted by molar-refractivity contribution is -0.137. The topological polar surface area (TPSA) is 57.7 Å². The van der Waals surface area contributed by atoms with Crippen molar-refractivity contribution in [1.29, 1.82) is 0 Å². The molecule has 1 aliphatic rings. The highest BCUT2D eigenvalue weighted by Gasteiger charge is 2.33. The Morgan fingerprint density at radius 3 is 2.42 bits per heavy atom. The van der Waals surface area contributed by atoms with E-state index in [0.717, 1.165) is 0 Å². The van der Waals surface area contributed by atoms with E-state index in [1.165, 1.54) is 9.18 Å². The molecule has 0 radical (unpaired) electrons. The van der Waals surface area contributed by atoms with Gasteiger partial charge in [-0.3, -0.25) is 4.79 Å². The number of piperidine rings is 1. The van der Waals surface area contributed by atoms with Crippen LogP contribution in [0.2, 0.25) is 0 Å². The molecule has 0 N–H and O–H groups in total. The number of nitrogens with zero attached hydrogens (tertiary/aromatic N) is 2. The van der Waals surface area contributed by atoms with Gasteiger partial charge in [-0.05, 0) is 43.3 Å². The average Bonchev–Trinajstić information content (AvgIpc) is 3.19. The van der Waals surface area contributed by atoms with Crippen LogP contribution in [0.15, 0.2) is 52.7 Å². The van der Waals surface area contributed by atoms with Gasteiger partial charge in [0.1, 0.15) is 0 Å². The van der Waals surface area contributed by atoms with Gasteiger partial charge in [0.25, 0.3) is 0 Å². The van der Waals surface area contributed by atoms with Crippen LogP contribution in [0.3, 0.4) is 0 Å². The Kier molecular flexibility index (Phi) is 6.11. The van der Waals surface area contributed by atoms with Crippen molar-refractivity contribution in [1.82, 2.24) is 9.21 Å². The molecule has 3 rings (SSSR count). The van der Waals surface area contributed by atoms with Gasteiger partial charge in [-0.15, -0.1) is 11.3 Å². The van der Waals surface area contributed by atoms with Crippen molar-refractivity contribution in [3.8, 4) is 0 Å². The Balaban J connectivity index is 1.61. The van der Waals surface area contributed by atoms with E-state index < -0.39 is 10.0 Å². The SMILES string of the molecule is CCN(Cc1cccs1)C(=O)C1CCN(S(=O)(=O)c2ccccc2)CC1. The predicted octanol–water partition coefficient (Wildman–Crippen LogP) is 3.20. The second-order valence-electron chi connectivity index (χ2n) is 6.42. The summed E-state index contributed by atoms with van der Waals surface area (Å²) in [5.41, 5.74) is 0. The fourth-order valence-electron chi connectivity index (χ4n) is 3.28. The van der Waals surface area contributed by atoms with Crippen LogP contribution in [0.1, 0.15) is 24.6 Å². The fourth-order valence-corrected chi connectivity index (χ4v) is 5.49. The zero-order valence-corrected chi connectivity index (χ0v) is 16.5. The number of rotatable bonds is 6. The zero-order chi connectivity index (χ0) is 18.6. The molecule has 1 aliphatic heterocycles. The van der Waals surface area contributed by atoms with Crippen LogP contribution >= 0.6 is 11.3 Å². The first-order chi connectivity index (χ1) is 12.5. The van der Waals surface area contributed by atoms with E-state index >= 15 is 0 Å². The lowest BCUT2D eigenvalue weighted by Gasteiger charge is -2.33. The molecule has 1 fully saturated rings. The quantitative estimate of drug-likeness (QED) is 0.759. The third-order valence-electron chi connectivity index (χ3n) is 4.80. The number of carbonyl (C=O) groups excluding carboxylic acids is 1. The monoisotopic (exact) mass is 392 g/mol. The normalized spacial score (nSPS) is 16.5. The Morgan fingerprint density at radius 2 is 1.85 bits per heavy atom. The smallest absolute Gasteiger partial charge is 0.243 e. The predicted molar refractivity (Wildman–Crippen MR) is 103 cm³/mol. The lowest BCUT2D eigenvalue weighted by Crippen LogP contribution is -2.44. The zero-order valence-electron chi connectivity index (χ0n) is 14.9. The van der Waals surface area contributed by atoms with Crippen molar-refractivity contribution in [3.63, 3.8) is 0 Å². The van der Waals surface area contributed by atoms with Crippen LogP contribution in [-0.4, -0.2) is 43.2 Å². The molecule has 0 unspecified atom stereocenters. The molecule has 0 bridgehead atoms. The molecule has 1 amide bonds. The number of thiophene rings is 1. The molecular weight excluding hydrogens is 368 g/mol. The highest BCUT2D eigenvalue weighted by molar-refractivity contribution is 7.89. The molecule has 0 atom stereocenters. The van der Waals surface area contributed by atoms with E-state index in [4.69, 9.17) is 0 Å². The first-order valence-corrected chi connectivity index (χ1v) is 11.2. The fraction of sp³-hybridized carbons (Fsp3) is 0.421. The van der Waals surface area contributed by atoms with Crippen LogP contribution in [0, 0.1) is 5.92 Å². The van der Waals surface area contributed by atoms with Gasteiger partial charge in [0, 0.05) is 30.4 Å². The summed E-state index contributed by atoms with van der Waals surface area (Å²) in [6.07, 6.45) is 1.15. The molecule has 2 heterocycles. The average molecular weight is 393 g/mol. The molecule has 26 heavy (non-hydrogen) atoms. The van der Waals surface area contributed by atoms with Gasteiger partial charge in [0.2, 0.25) is 15.9 Å². The third kappa shape index (κ3) is 4.16. The molecule has 140 valence electrons. The van der Waals surface area contributed by atoms with Gasteiger partial charge in [-0.25, -0.2) is 8.42 Å². The van der Waals surface area contributed by atoms with Gasteiger partial charge >= 0.3 is 0 Å². The summed E-state index contributed by atoms with van der Waals surface area (Å²) in [5, 5.41) is 2.01. The van der Waals surface area contributed by atoms with Crippen molar-refractivity contribution in [3.05, 3.63) is 52.7 Å². The van der Waals surface area contributed by atoms with Crippen molar-refractivity contribution in [2.75, 3.05) is 19.6 Å². The van der Waals surface area contributed by atoms with Crippen molar-refractivity contribution in [2.24, 2.45) is 5.92 Å². The largest absolute Gasteiger partial charge is 0.338 e. The molecule has 1 aromatic carbocycles. The molecule has 1 saturated heterocycles. The Morgan fingerprint density at radius 1 is 1.15 bits per heavy atom. The standard InChI is InChI=1S/C19H24N2O3S2/c1-2-20(15-17-7-6-14-25-17)19(22)16-10-12-21(13-11-16)26(23,24)18-8-4-3-5-9-18/h3-9,14,16H,2,10-13,15H2,1H3. The molecule has 0 aliphatic carbocycles. The van der Waals surface area contributed by atoms with E-state index in [0.29, 0.717) is 43.9 Å². The first-order valence-electron chi connectivity index (χ1n) is 8.88. The Bertz CT molecular complexity index is 812. The minimum Gasteiger partial charge on any atom is -0.338 e. The summed E-state index contributed by atoms with van der Waals surface area (Å²) in [6.45, 7) is 4.07. The molecule has 0 saturated carbocycles. The number of sulfonamides is 1. The molecule has 1 aromatic heterocycles. The lowest BCUT2D eigenvalue weighted by atomic mass is 9.96. The van der Waals surface area contributed by atoms with Gasteiger partial charge in [0.05, 0.1) is 11.4 Å². The van der Waals surface area contributed by atoms with Crippen LogP contribution in [0.4, 0.5) is 0 Å². The molecule has 0 spiro atoms. The van der Waals surface area contributed by atoms with Gasteiger partial charge < -0.3 is 4.90 Å². The van der Waals surface area contributed by atoms with Crippen molar-refractivity contribution in [2.45, 2.75) is 31.2 Å². The Hall–Kier alpha value is -1.70. The second kappa shape index (κ2) is 8.33. The minimum atomic E-state index is -3.47. The number of amides is 1. The van der Waals surface area contributed by atoms with E-state index in [2.05, 4.69) is 0 Å². The summed E-state index contributed by atoms with van der Waals surface area (Å²) in [5.74, 6) is 0.0368. The van der Waals surface area contributed by atoms with E-state index in [1.54, 1.807) is 41.7 Å². The summed E-state index contributed by atoms with van der Waals surface area (Å²) in [4.78, 5) is 16.2. The maximum atomic E-state index is 12.8. The van der Waals surface area contributed by atoms with E-state index in [-0.39, 0.29) is 11.8 Å². The molecule has 5 nitrogen and oxygen atoms in total. The number of carbonyl (C=O) groups is 1. The molecule has 7 heteroatoms. The number of hydrogen-bond donors (Lipinski definition) is 0. The summed E-state index contributed by atoms with van der Waals surface area (Å²) in [7, 11) is -3.47. The van der Waals surface area contributed by atoms with Crippen LogP contribution < -0.4 is 0 Å². The highest BCUT2D eigenvalue weighted by atomic mass is 32.2. The van der Waals surface area contributed by atoms with Crippen molar-refractivity contribution >= 4 is 27.3 Å². The van der Waals surface area contributed by atoms with E-state index in [1.807, 2.05) is 29.3 Å². The molecule has 2 aromatic rings. The van der Waals surface area contributed by atoms with Gasteiger partial charge in [-0.1, -0.05) is 24.3 Å². The van der Waals surface area contributed by atoms with Crippen LogP contribution in [0.25, 0.3) is 0 Å². The Labute approximate surface area is 159 Å². The summed E-state index contributed by atoms with van der Waals surface area (Å²) < 4.78 is 26.9. The summed E-state index contributed by atoms with van der Waals surface area (Å²) >= 11 is 1.65. The summed E-state index contributed by atoms with van der Waals surface area (Å²) in [6, 6.07) is 12.5. The maximum absolute atomic E-state index is 12.8. The van der Waals surface area contributed by atoms with Crippen molar-refractivity contribution < 1.29 is 13.2 Å². The number of hydrogen-bond acceptors (Lipinski definition) is 4. The maximum Gasteiger partial charge on any atom is 0.243 e.